The largest absolute Gasteiger partial charge is 0.494 e. The highest BCUT2D eigenvalue weighted by Gasteiger charge is 2.20. The van der Waals surface area contributed by atoms with Gasteiger partial charge in [0.25, 0.3) is 0 Å². The lowest BCUT2D eigenvalue weighted by Crippen LogP contribution is -2.20. The maximum atomic E-state index is 14.0. The van der Waals surface area contributed by atoms with Crippen molar-refractivity contribution in [2.45, 2.75) is 25.4 Å². The fraction of sp³-hybridized carbons (Fsp3) is 0.190. The second-order valence-corrected chi connectivity index (χ2v) is 7.36. The van der Waals surface area contributed by atoms with Gasteiger partial charge in [0.05, 0.1) is 12.2 Å². The molecular weight excluding hydrogens is 406 g/mol. The Bertz CT molecular complexity index is 1410. The van der Waals surface area contributed by atoms with Crippen LogP contribution in [0.2, 0.25) is 0 Å². The van der Waals surface area contributed by atoms with Gasteiger partial charge in [-0.05, 0) is 25.0 Å². The van der Waals surface area contributed by atoms with E-state index in [1.807, 2.05) is 0 Å². The quantitative estimate of drug-likeness (QED) is 0.392. The van der Waals surface area contributed by atoms with Crippen molar-refractivity contribution in [3.63, 3.8) is 0 Å². The van der Waals surface area contributed by atoms with Crippen LogP contribution in [0.25, 0.3) is 11.7 Å². The molecule has 0 amide bonds. The number of aromatic nitrogens is 4. The van der Waals surface area contributed by atoms with Crippen molar-refractivity contribution in [2.24, 2.45) is 4.99 Å². The summed E-state index contributed by atoms with van der Waals surface area (Å²) in [5, 5.41) is 27.4. The number of rotatable bonds is 5. The highest BCUT2D eigenvalue weighted by Crippen LogP contribution is 2.23. The number of H-pyrrole nitrogens is 1. The number of benzene rings is 1. The minimum Gasteiger partial charge on any atom is -0.494 e. The van der Waals surface area contributed by atoms with Crippen molar-refractivity contribution in [3.8, 4) is 11.8 Å². The molecule has 0 spiro atoms. The molecule has 8 nitrogen and oxygen atoms in total. The summed E-state index contributed by atoms with van der Waals surface area (Å²) >= 11 is 0. The molecule has 3 heterocycles. The van der Waals surface area contributed by atoms with E-state index in [0.717, 1.165) is 18.9 Å². The van der Waals surface area contributed by atoms with E-state index >= 15 is 0 Å². The molecule has 0 saturated heterocycles. The molecule has 0 radical (unpaired) electrons. The summed E-state index contributed by atoms with van der Waals surface area (Å²) in [6, 6.07) is 7.32. The molecule has 1 aliphatic rings. The van der Waals surface area contributed by atoms with Crippen molar-refractivity contribution in [1.29, 1.82) is 0 Å². The Labute approximate surface area is 174 Å². The zero-order chi connectivity index (χ0) is 21.5. The Morgan fingerprint density at radius 3 is 2.84 bits per heavy atom. The van der Waals surface area contributed by atoms with E-state index in [1.165, 1.54) is 18.2 Å². The van der Waals surface area contributed by atoms with Crippen LogP contribution in [0.4, 0.5) is 14.6 Å². The average Bonchev–Trinajstić information content (AvgIpc) is 3.37. The van der Waals surface area contributed by atoms with Crippen LogP contribution >= 0.6 is 0 Å². The molecule has 0 aliphatic heterocycles. The Hall–Kier alpha value is -3.95. The highest BCUT2D eigenvalue weighted by atomic mass is 19.2. The monoisotopic (exact) mass is 424 g/mol. The summed E-state index contributed by atoms with van der Waals surface area (Å²) in [6.45, 7) is 0.0370. The van der Waals surface area contributed by atoms with Crippen LogP contribution in [0.1, 0.15) is 24.0 Å². The van der Waals surface area contributed by atoms with Crippen LogP contribution in [-0.2, 0) is 6.54 Å². The predicted octanol–water partition coefficient (Wildman–Crippen LogP) is 1.97. The smallest absolute Gasteiger partial charge is 0.198 e. The van der Waals surface area contributed by atoms with Crippen LogP contribution in [0.5, 0.6) is 11.8 Å². The maximum absolute atomic E-state index is 14.0. The number of nitrogens with one attached hydrogen (secondary N) is 2. The molecule has 0 atom stereocenters. The van der Waals surface area contributed by atoms with Gasteiger partial charge in [0.2, 0.25) is 0 Å². The third kappa shape index (κ3) is 3.79. The van der Waals surface area contributed by atoms with E-state index in [4.69, 9.17) is 0 Å². The van der Waals surface area contributed by atoms with Gasteiger partial charge in [0, 0.05) is 35.0 Å². The minimum atomic E-state index is -0.908. The first-order valence-electron chi connectivity index (χ1n) is 9.70. The number of halogens is 2. The fourth-order valence-corrected chi connectivity index (χ4v) is 3.23. The second-order valence-electron chi connectivity index (χ2n) is 7.36. The zero-order valence-corrected chi connectivity index (χ0v) is 16.2. The second kappa shape index (κ2) is 7.38. The third-order valence-electron chi connectivity index (χ3n) is 4.96. The first kappa shape index (κ1) is 19.0. The lowest BCUT2D eigenvalue weighted by Gasteiger charge is -2.08. The standard InChI is InChI=1S/C21H18F2N6O2/c22-15-3-1-2-11(19(15)23)9-24-16-8-17(26-14-4-5-14)29-20(27-16)13(10-25-29)6-12-7-18(30)28-21(12)31/h1-3,6-8,10,14,24,28,30-31H,4-5,9H2. The van der Waals surface area contributed by atoms with Gasteiger partial charge in [0.1, 0.15) is 5.82 Å². The number of hydrogen-bond acceptors (Lipinski definition) is 6. The summed E-state index contributed by atoms with van der Waals surface area (Å²) in [7, 11) is 0. The van der Waals surface area contributed by atoms with Gasteiger partial charge in [-0.1, -0.05) is 12.1 Å². The summed E-state index contributed by atoms with van der Waals surface area (Å²) in [5.41, 5.74) is 1.59. The first-order chi connectivity index (χ1) is 15.0. The zero-order valence-electron chi connectivity index (χ0n) is 16.2. The van der Waals surface area contributed by atoms with E-state index in [0.29, 0.717) is 27.7 Å². The molecule has 4 N–H and O–H groups in total. The molecule has 1 aromatic carbocycles. The van der Waals surface area contributed by atoms with Crippen molar-refractivity contribution >= 4 is 17.5 Å². The number of aromatic amines is 1. The van der Waals surface area contributed by atoms with Crippen molar-refractivity contribution in [3.05, 3.63) is 70.0 Å². The van der Waals surface area contributed by atoms with Gasteiger partial charge in [-0.15, -0.1) is 0 Å². The molecule has 158 valence electrons. The molecule has 1 aliphatic carbocycles. The number of nitrogens with zero attached hydrogens (tertiary/aromatic N) is 4. The topological polar surface area (TPSA) is 111 Å². The number of aromatic hydroxyl groups is 2. The summed E-state index contributed by atoms with van der Waals surface area (Å²) in [6.07, 6.45) is 5.20. The summed E-state index contributed by atoms with van der Waals surface area (Å²) in [5.74, 6) is -1.74. The molecule has 1 saturated carbocycles. The normalized spacial score (nSPS) is 15.2. The van der Waals surface area contributed by atoms with Crippen LogP contribution in [-0.4, -0.2) is 35.8 Å². The summed E-state index contributed by atoms with van der Waals surface area (Å²) in [4.78, 5) is 11.6. The average molecular weight is 424 g/mol. The van der Waals surface area contributed by atoms with E-state index in [9.17, 15) is 19.0 Å². The summed E-state index contributed by atoms with van der Waals surface area (Å²) < 4.78 is 29.1. The van der Waals surface area contributed by atoms with Crippen LogP contribution in [0.15, 0.2) is 41.5 Å². The van der Waals surface area contributed by atoms with Crippen molar-refractivity contribution < 1.29 is 19.0 Å². The first-order valence-corrected chi connectivity index (χ1v) is 9.70. The van der Waals surface area contributed by atoms with Crippen LogP contribution < -0.4 is 16.0 Å². The molecule has 31 heavy (non-hydrogen) atoms. The van der Waals surface area contributed by atoms with Gasteiger partial charge in [-0.3, -0.25) is 9.98 Å². The van der Waals surface area contributed by atoms with Gasteiger partial charge < -0.3 is 15.5 Å². The maximum Gasteiger partial charge on any atom is 0.198 e. The number of anilines is 1. The molecule has 0 unspecified atom stereocenters. The number of hydrogen-bond donors (Lipinski definition) is 4. The van der Waals surface area contributed by atoms with Crippen LogP contribution in [0.3, 0.4) is 0 Å². The highest BCUT2D eigenvalue weighted by molar-refractivity contribution is 5.62. The van der Waals surface area contributed by atoms with Crippen molar-refractivity contribution in [2.75, 3.05) is 5.32 Å². The SMILES string of the molecule is Oc1cc(C=c2cnn3c(=NC4CC4)cc(NCc4cccc(F)c4F)nc23)c(O)[nH]1. The molecule has 10 heteroatoms. The van der Waals surface area contributed by atoms with Crippen molar-refractivity contribution in [1.82, 2.24) is 19.6 Å². The van der Waals surface area contributed by atoms with Gasteiger partial charge >= 0.3 is 0 Å². The van der Waals surface area contributed by atoms with Gasteiger partial charge in [-0.2, -0.15) is 9.61 Å². The van der Waals surface area contributed by atoms with Gasteiger partial charge in [-0.25, -0.2) is 13.8 Å². The van der Waals surface area contributed by atoms with E-state index in [-0.39, 0.29) is 29.9 Å². The van der Waals surface area contributed by atoms with Gasteiger partial charge in [0.15, 0.2) is 34.5 Å². The Morgan fingerprint density at radius 2 is 2.10 bits per heavy atom. The Morgan fingerprint density at radius 1 is 1.26 bits per heavy atom. The molecule has 5 rings (SSSR count). The van der Waals surface area contributed by atoms with Crippen LogP contribution in [0, 0.1) is 11.6 Å². The Kier molecular flexibility index (Phi) is 4.54. The molecule has 4 aromatic rings. The third-order valence-corrected chi connectivity index (χ3v) is 4.96. The fourth-order valence-electron chi connectivity index (χ4n) is 3.23. The molecular formula is C21H18F2N6O2. The van der Waals surface area contributed by atoms with E-state index in [2.05, 4.69) is 25.4 Å². The lowest BCUT2D eigenvalue weighted by molar-refractivity contribution is 0.425. The minimum absolute atomic E-state index is 0.0370. The predicted molar refractivity (Wildman–Crippen MR) is 108 cm³/mol. The molecule has 0 bridgehead atoms. The van der Waals surface area contributed by atoms with E-state index < -0.39 is 11.6 Å². The lowest BCUT2D eigenvalue weighted by atomic mass is 10.2. The Balaban J connectivity index is 1.59. The number of fused-ring (bicyclic) bond motifs is 1. The molecule has 3 aromatic heterocycles. The molecule has 1 fully saturated rings. The van der Waals surface area contributed by atoms with E-state index in [1.54, 1.807) is 22.9 Å².